The smallest absolute Gasteiger partial charge is 0.264 e. The molecule has 11 heteroatoms. The van der Waals surface area contributed by atoms with E-state index in [1.54, 1.807) is 56.5 Å². The number of carbonyl (C=O) groups is 2. The molecule has 2 amide bonds. The van der Waals surface area contributed by atoms with Crippen molar-refractivity contribution in [3.05, 3.63) is 88.4 Å². The minimum Gasteiger partial charge on any atom is -0.497 e. The summed E-state index contributed by atoms with van der Waals surface area (Å²) in [7, 11) is -2.69. The average molecular weight is 593 g/mol. The average Bonchev–Trinajstić information content (AvgIpc) is 2.94. The third kappa shape index (κ3) is 7.65. The highest BCUT2D eigenvalue weighted by atomic mass is 35.5. The number of rotatable bonds is 12. The van der Waals surface area contributed by atoms with Crippen LogP contribution in [0, 0.1) is 0 Å². The molecule has 208 valence electrons. The number of benzene rings is 3. The van der Waals surface area contributed by atoms with Gasteiger partial charge in [0.05, 0.1) is 22.7 Å². The maximum Gasteiger partial charge on any atom is 0.264 e. The molecule has 0 spiro atoms. The van der Waals surface area contributed by atoms with Gasteiger partial charge in [0.1, 0.15) is 18.3 Å². The lowest BCUT2D eigenvalue weighted by molar-refractivity contribution is -0.139. The van der Waals surface area contributed by atoms with Crippen LogP contribution in [-0.2, 0) is 26.2 Å². The normalized spacial score (nSPS) is 11.9. The number of ether oxygens (including phenoxy) is 1. The van der Waals surface area contributed by atoms with E-state index in [0.717, 1.165) is 16.3 Å². The third-order valence-electron chi connectivity index (χ3n) is 6.02. The molecule has 0 aliphatic heterocycles. The molecule has 0 aromatic heterocycles. The Morgan fingerprint density at radius 1 is 1.00 bits per heavy atom. The molecule has 0 heterocycles. The molecule has 8 nitrogen and oxygen atoms in total. The van der Waals surface area contributed by atoms with Crippen LogP contribution in [0.25, 0.3) is 0 Å². The summed E-state index contributed by atoms with van der Waals surface area (Å²) >= 11 is 12.6. The van der Waals surface area contributed by atoms with Gasteiger partial charge in [0.25, 0.3) is 10.0 Å². The first-order valence-electron chi connectivity index (χ1n) is 12.3. The first kappa shape index (κ1) is 30.3. The number of anilines is 1. The number of amides is 2. The second-order valence-electron chi connectivity index (χ2n) is 8.76. The lowest BCUT2D eigenvalue weighted by Crippen LogP contribution is -2.51. The molecule has 0 fully saturated rings. The quantitative estimate of drug-likeness (QED) is 0.314. The Bertz CT molecular complexity index is 1390. The summed E-state index contributed by atoms with van der Waals surface area (Å²) in [5.41, 5.74) is 0.784. The van der Waals surface area contributed by atoms with Crippen molar-refractivity contribution in [1.82, 2.24) is 10.2 Å². The van der Waals surface area contributed by atoms with Crippen molar-refractivity contribution >= 4 is 50.7 Å². The zero-order valence-corrected chi connectivity index (χ0v) is 24.3. The summed E-state index contributed by atoms with van der Waals surface area (Å²) in [6.45, 7) is 3.42. The number of nitrogens with zero attached hydrogens (tertiary/aromatic N) is 2. The summed E-state index contributed by atoms with van der Waals surface area (Å²) in [6.07, 6.45) is 0.723. The van der Waals surface area contributed by atoms with Gasteiger partial charge >= 0.3 is 0 Å². The van der Waals surface area contributed by atoms with Gasteiger partial charge in [-0.15, -0.1) is 0 Å². The first-order valence-corrected chi connectivity index (χ1v) is 14.5. The highest BCUT2D eigenvalue weighted by Crippen LogP contribution is 2.33. The first-order chi connectivity index (χ1) is 18.6. The zero-order valence-electron chi connectivity index (χ0n) is 21.9. The molecule has 1 N–H and O–H groups in total. The highest BCUT2D eigenvalue weighted by molar-refractivity contribution is 7.92. The molecule has 39 heavy (non-hydrogen) atoms. The van der Waals surface area contributed by atoms with E-state index in [9.17, 15) is 18.0 Å². The number of sulfonamides is 1. The predicted molar refractivity (Wildman–Crippen MR) is 154 cm³/mol. The monoisotopic (exact) mass is 591 g/mol. The minimum absolute atomic E-state index is 0.0238. The van der Waals surface area contributed by atoms with Gasteiger partial charge in [0, 0.05) is 18.1 Å². The van der Waals surface area contributed by atoms with Gasteiger partial charge in [-0.25, -0.2) is 8.42 Å². The van der Waals surface area contributed by atoms with Gasteiger partial charge in [-0.1, -0.05) is 60.5 Å². The number of methoxy groups -OCH3 is 1. The molecular weight excluding hydrogens is 561 g/mol. The fourth-order valence-corrected chi connectivity index (χ4v) is 5.70. The second-order valence-corrected chi connectivity index (χ2v) is 11.5. The van der Waals surface area contributed by atoms with E-state index in [1.165, 1.54) is 35.2 Å². The number of hydrogen-bond acceptors (Lipinski definition) is 5. The van der Waals surface area contributed by atoms with Gasteiger partial charge < -0.3 is 15.0 Å². The van der Waals surface area contributed by atoms with Gasteiger partial charge in [-0.3, -0.25) is 13.9 Å². The van der Waals surface area contributed by atoms with Crippen molar-refractivity contribution in [1.29, 1.82) is 0 Å². The standard InChI is InChI=1S/C28H31Cl2N3O5S/c1-4-16-31-28(35)20(2)32(18-21-10-13-23(38-3)14-11-21)27(34)19-33(26-17-22(29)12-15-25(26)30)39(36,37)24-8-6-5-7-9-24/h5-15,17,20H,4,16,18-19H2,1-3H3,(H,31,35)/t20-/m0/s1. The van der Waals surface area contributed by atoms with E-state index in [1.807, 2.05) is 6.92 Å². The Hall–Kier alpha value is -3.27. The molecule has 1 atom stereocenters. The Morgan fingerprint density at radius 3 is 2.28 bits per heavy atom. The van der Waals surface area contributed by atoms with Crippen molar-refractivity contribution in [2.45, 2.75) is 37.8 Å². The van der Waals surface area contributed by atoms with E-state index >= 15 is 0 Å². The summed E-state index contributed by atoms with van der Waals surface area (Å²) in [6, 6.07) is 18.3. The molecule has 0 saturated heterocycles. The predicted octanol–water partition coefficient (Wildman–Crippen LogP) is 5.14. The van der Waals surface area contributed by atoms with E-state index < -0.39 is 28.5 Å². The van der Waals surface area contributed by atoms with Crippen LogP contribution in [0.3, 0.4) is 0 Å². The van der Waals surface area contributed by atoms with Crippen LogP contribution in [0.4, 0.5) is 5.69 Å². The summed E-state index contributed by atoms with van der Waals surface area (Å²) in [5, 5.41) is 3.15. The second kappa shape index (κ2) is 13.7. The Kier molecular flexibility index (Phi) is 10.6. The Morgan fingerprint density at radius 2 is 1.67 bits per heavy atom. The lowest BCUT2D eigenvalue weighted by Gasteiger charge is -2.32. The minimum atomic E-state index is -4.24. The molecule has 0 aliphatic carbocycles. The van der Waals surface area contributed by atoms with Gasteiger partial charge in [-0.05, 0) is 61.4 Å². The fourth-order valence-electron chi connectivity index (χ4n) is 3.82. The van der Waals surface area contributed by atoms with Crippen LogP contribution in [-0.4, -0.2) is 51.4 Å². The molecule has 0 bridgehead atoms. The van der Waals surface area contributed by atoms with Crippen molar-refractivity contribution in [3.63, 3.8) is 0 Å². The van der Waals surface area contributed by atoms with Crippen LogP contribution in [0.2, 0.25) is 10.0 Å². The van der Waals surface area contributed by atoms with E-state index in [2.05, 4.69) is 5.32 Å². The van der Waals surface area contributed by atoms with Crippen molar-refractivity contribution in [2.24, 2.45) is 0 Å². The van der Waals surface area contributed by atoms with E-state index in [0.29, 0.717) is 12.3 Å². The topological polar surface area (TPSA) is 96.0 Å². The number of hydrogen-bond donors (Lipinski definition) is 1. The zero-order chi connectivity index (χ0) is 28.6. The summed E-state index contributed by atoms with van der Waals surface area (Å²) in [5.74, 6) is -0.307. The summed E-state index contributed by atoms with van der Waals surface area (Å²) in [4.78, 5) is 28.1. The molecule has 3 rings (SSSR count). The van der Waals surface area contributed by atoms with Crippen molar-refractivity contribution in [3.8, 4) is 5.75 Å². The SMILES string of the molecule is CCCNC(=O)[C@H](C)N(Cc1ccc(OC)cc1)C(=O)CN(c1cc(Cl)ccc1Cl)S(=O)(=O)c1ccccc1. The van der Waals surface area contributed by atoms with Crippen LogP contribution >= 0.6 is 23.2 Å². The molecule has 3 aromatic rings. The van der Waals surface area contributed by atoms with Gasteiger partial charge in [0.2, 0.25) is 11.8 Å². The molecule has 0 radical (unpaired) electrons. The molecule has 0 unspecified atom stereocenters. The maximum absolute atomic E-state index is 13.9. The number of halogens is 2. The Labute approximate surface area is 239 Å². The highest BCUT2D eigenvalue weighted by Gasteiger charge is 2.33. The number of nitrogens with one attached hydrogen (secondary N) is 1. The molecule has 0 aliphatic rings. The van der Waals surface area contributed by atoms with Crippen molar-refractivity contribution in [2.75, 3.05) is 24.5 Å². The lowest BCUT2D eigenvalue weighted by atomic mass is 10.1. The largest absolute Gasteiger partial charge is 0.497 e. The van der Waals surface area contributed by atoms with Crippen LogP contribution in [0.15, 0.2) is 77.7 Å². The maximum atomic E-state index is 13.9. The number of carbonyl (C=O) groups excluding carboxylic acids is 2. The fraction of sp³-hybridized carbons (Fsp3) is 0.286. The van der Waals surface area contributed by atoms with Crippen LogP contribution in [0.1, 0.15) is 25.8 Å². The third-order valence-corrected chi connectivity index (χ3v) is 8.34. The van der Waals surface area contributed by atoms with Crippen LogP contribution < -0.4 is 14.4 Å². The Balaban J connectivity index is 2.04. The van der Waals surface area contributed by atoms with Crippen molar-refractivity contribution < 1.29 is 22.7 Å². The van der Waals surface area contributed by atoms with E-state index in [4.69, 9.17) is 27.9 Å². The van der Waals surface area contributed by atoms with Gasteiger partial charge in [0.15, 0.2) is 0 Å². The molecule has 0 saturated carbocycles. The van der Waals surface area contributed by atoms with E-state index in [-0.39, 0.29) is 33.1 Å². The summed E-state index contributed by atoms with van der Waals surface area (Å²) < 4.78 is 33.7. The van der Waals surface area contributed by atoms with Gasteiger partial charge in [-0.2, -0.15) is 0 Å². The molecule has 3 aromatic carbocycles. The van der Waals surface area contributed by atoms with Crippen LogP contribution in [0.5, 0.6) is 5.75 Å². The molecular formula is C28H31Cl2N3O5S.